The molecule has 0 rings (SSSR count). The number of aliphatic carboxylic acids is 1. The van der Waals surface area contributed by atoms with E-state index in [0.717, 1.165) is 6.42 Å². The Balaban J connectivity index is 0. The fourth-order valence-corrected chi connectivity index (χ4v) is 1.17. The van der Waals surface area contributed by atoms with Gasteiger partial charge >= 0.3 is 11.9 Å². The number of hydrogen-bond donors (Lipinski definition) is 1. The number of ether oxygens (including phenoxy) is 3. The third kappa shape index (κ3) is 10.5. The predicted octanol–water partition coefficient (Wildman–Crippen LogP) is 1.72. The van der Waals surface area contributed by atoms with Crippen molar-refractivity contribution in [2.75, 3.05) is 34.0 Å². The van der Waals surface area contributed by atoms with Crippen molar-refractivity contribution in [3.05, 3.63) is 0 Å². The second-order valence-corrected chi connectivity index (χ2v) is 4.18. The Labute approximate surface area is 115 Å². The Morgan fingerprint density at radius 2 is 1.79 bits per heavy atom. The molecule has 0 amide bonds. The van der Waals surface area contributed by atoms with Crippen molar-refractivity contribution in [3.63, 3.8) is 0 Å². The van der Waals surface area contributed by atoms with Crippen molar-refractivity contribution < 1.29 is 28.9 Å². The molecule has 6 heteroatoms. The molecule has 0 aliphatic rings. The first-order valence-electron chi connectivity index (χ1n) is 6.24. The van der Waals surface area contributed by atoms with Crippen LogP contribution in [0.4, 0.5) is 0 Å². The van der Waals surface area contributed by atoms with Crippen LogP contribution in [0.3, 0.4) is 0 Å². The summed E-state index contributed by atoms with van der Waals surface area (Å²) in [7, 11) is 2.97. The van der Waals surface area contributed by atoms with Gasteiger partial charge in [-0.2, -0.15) is 0 Å². The molecule has 6 nitrogen and oxygen atoms in total. The maximum atomic E-state index is 11.2. The summed E-state index contributed by atoms with van der Waals surface area (Å²) in [4.78, 5) is 20.9. The summed E-state index contributed by atoms with van der Waals surface area (Å²) in [5.74, 6) is -1.01. The highest BCUT2D eigenvalue weighted by molar-refractivity contribution is 5.76. The van der Waals surface area contributed by atoms with Crippen molar-refractivity contribution in [1.29, 1.82) is 0 Å². The maximum absolute atomic E-state index is 11.2. The SMILES string of the molecule is CCC(C)(COC)C(=O)OC.CCOCCC(=O)O. The minimum absolute atomic E-state index is 0.105. The lowest BCUT2D eigenvalue weighted by molar-refractivity contribution is -0.155. The molecule has 0 bridgehead atoms. The van der Waals surface area contributed by atoms with Crippen molar-refractivity contribution in [2.24, 2.45) is 5.41 Å². The molecule has 0 saturated heterocycles. The van der Waals surface area contributed by atoms with E-state index in [2.05, 4.69) is 4.74 Å². The summed E-state index contributed by atoms with van der Waals surface area (Å²) in [5.41, 5.74) is -0.483. The highest BCUT2D eigenvalue weighted by atomic mass is 16.5. The fraction of sp³-hybridized carbons (Fsp3) is 0.846. The second kappa shape index (κ2) is 11.9. The number of methoxy groups -OCH3 is 2. The van der Waals surface area contributed by atoms with E-state index >= 15 is 0 Å². The van der Waals surface area contributed by atoms with Crippen molar-refractivity contribution >= 4 is 11.9 Å². The smallest absolute Gasteiger partial charge is 0.313 e. The first-order valence-corrected chi connectivity index (χ1v) is 6.24. The van der Waals surface area contributed by atoms with Crippen LogP contribution in [-0.4, -0.2) is 51.1 Å². The zero-order valence-electron chi connectivity index (χ0n) is 12.5. The predicted molar refractivity (Wildman–Crippen MR) is 71.0 cm³/mol. The third-order valence-electron chi connectivity index (χ3n) is 2.59. The molecule has 0 aliphatic heterocycles. The largest absolute Gasteiger partial charge is 0.481 e. The molecule has 0 aromatic carbocycles. The van der Waals surface area contributed by atoms with E-state index in [1.54, 1.807) is 7.11 Å². The Morgan fingerprint density at radius 1 is 1.21 bits per heavy atom. The number of esters is 1. The van der Waals surface area contributed by atoms with Gasteiger partial charge < -0.3 is 19.3 Å². The topological polar surface area (TPSA) is 82.1 Å². The van der Waals surface area contributed by atoms with Gasteiger partial charge in [-0.1, -0.05) is 6.92 Å². The van der Waals surface area contributed by atoms with Crippen molar-refractivity contribution in [1.82, 2.24) is 0 Å². The molecule has 0 radical (unpaired) electrons. The first-order chi connectivity index (χ1) is 8.87. The summed E-state index contributed by atoms with van der Waals surface area (Å²) < 4.78 is 14.3. The molecule has 0 aliphatic carbocycles. The number of carbonyl (C=O) groups excluding carboxylic acids is 1. The van der Waals surface area contributed by atoms with E-state index in [1.807, 2.05) is 20.8 Å². The van der Waals surface area contributed by atoms with Gasteiger partial charge in [0.1, 0.15) is 0 Å². The van der Waals surface area contributed by atoms with Gasteiger partial charge in [-0.3, -0.25) is 9.59 Å². The number of hydrogen-bond acceptors (Lipinski definition) is 5. The lowest BCUT2D eigenvalue weighted by Gasteiger charge is -2.23. The lowest BCUT2D eigenvalue weighted by Crippen LogP contribution is -2.32. The van der Waals surface area contributed by atoms with Crippen LogP contribution in [0.25, 0.3) is 0 Å². The molecular formula is C13H26O6. The molecule has 19 heavy (non-hydrogen) atoms. The average molecular weight is 278 g/mol. The van der Waals surface area contributed by atoms with Gasteiger partial charge in [0.25, 0.3) is 0 Å². The minimum Gasteiger partial charge on any atom is -0.481 e. The number of carboxylic acid groups (broad SMARTS) is 1. The summed E-state index contributed by atoms with van der Waals surface area (Å²) in [6.07, 6.45) is 0.835. The molecule has 1 N–H and O–H groups in total. The van der Waals surface area contributed by atoms with E-state index < -0.39 is 11.4 Å². The summed E-state index contributed by atoms with van der Waals surface area (Å²) in [6, 6.07) is 0. The van der Waals surface area contributed by atoms with Crippen LogP contribution in [0.2, 0.25) is 0 Å². The molecule has 114 valence electrons. The zero-order chi connectivity index (χ0) is 15.3. The van der Waals surface area contributed by atoms with Gasteiger partial charge in [0, 0.05) is 13.7 Å². The molecule has 0 aromatic heterocycles. The number of rotatable bonds is 8. The van der Waals surface area contributed by atoms with Crippen molar-refractivity contribution in [3.8, 4) is 0 Å². The Hall–Kier alpha value is -1.14. The van der Waals surface area contributed by atoms with Crippen LogP contribution in [0.5, 0.6) is 0 Å². The summed E-state index contributed by atoms with van der Waals surface area (Å²) in [6.45, 7) is 6.94. The fourth-order valence-electron chi connectivity index (χ4n) is 1.17. The van der Waals surface area contributed by atoms with Crippen molar-refractivity contribution in [2.45, 2.75) is 33.6 Å². The number of carboxylic acids is 1. The molecule has 0 saturated carbocycles. The standard InChI is InChI=1S/C8H16O3.C5H10O3/c1-5-8(2,6-10-3)7(9)11-4;1-2-8-4-3-5(6)7/h5-6H2,1-4H3;2-4H2,1H3,(H,6,7). The van der Waals surface area contributed by atoms with E-state index in [9.17, 15) is 9.59 Å². The highest BCUT2D eigenvalue weighted by Crippen LogP contribution is 2.22. The summed E-state index contributed by atoms with van der Waals surface area (Å²) in [5, 5.41) is 8.06. The van der Waals surface area contributed by atoms with Crippen LogP contribution in [0, 0.1) is 5.41 Å². The lowest BCUT2D eigenvalue weighted by atomic mass is 9.89. The maximum Gasteiger partial charge on any atom is 0.313 e. The van der Waals surface area contributed by atoms with Gasteiger partial charge in [0.05, 0.1) is 32.2 Å². The van der Waals surface area contributed by atoms with Crippen LogP contribution >= 0.6 is 0 Å². The Morgan fingerprint density at radius 3 is 2.11 bits per heavy atom. The quantitative estimate of drug-likeness (QED) is 0.538. The van der Waals surface area contributed by atoms with E-state index in [4.69, 9.17) is 14.6 Å². The van der Waals surface area contributed by atoms with Crippen LogP contribution in [0.15, 0.2) is 0 Å². The molecule has 0 heterocycles. The van der Waals surface area contributed by atoms with Gasteiger partial charge in [-0.25, -0.2) is 0 Å². The zero-order valence-corrected chi connectivity index (χ0v) is 12.5. The van der Waals surface area contributed by atoms with E-state index in [1.165, 1.54) is 7.11 Å². The van der Waals surface area contributed by atoms with E-state index in [0.29, 0.717) is 19.8 Å². The van der Waals surface area contributed by atoms with Crippen LogP contribution < -0.4 is 0 Å². The van der Waals surface area contributed by atoms with Gasteiger partial charge in [-0.05, 0) is 20.3 Å². The van der Waals surface area contributed by atoms with Crippen LogP contribution in [0.1, 0.15) is 33.6 Å². The Kier molecular flexibility index (Phi) is 12.7. The molecule has 1 unspecified atom stereocenters. The monoisotopic (exact) mass is 278 g/mol. The van der Waals surface area contributed by atoms with Gasteiger partial charge in [0.2, 0.25) is 0 Å². The van der Waals surface area contributed by atoms with E-state index in [-0.39, 0.29) is 12.4 Å². The second-order valence-electron chi connectivity index (χ2n) is 4.18. The summed E-state index contributed by atoms with van der Waals surface area (Å²) >= 11 is 0. The van der Waals surface area contributed by atoms with Gasteiger partial charge in [0.15, 0.2) is 0 Å². The number of carbonyl (C=O) groups is 2. The van der Waals surface area contributed by atoms with Crippen LogP contribution in [-0.2, 0) is 23.8 Å². The minimum atomic E-state index is -0.807. The molecule has 1 atom stereocenters. The molecule has 0 fully saturated rings. The van der Waals surface area contributed by atoms with Gasteiger partial charge in [-0.15, -0.1) is 0 Å². The average Bonchev–Trinajstić information content (AvgIpc) is 2.38. The third-order valence-corrected chi connectivity index (χ3v) is 2.59. The molecule has 0 aromatic rings. The normalized spacial score (nSPS) is 12.9. The first kappa shape index (κ1) is 20.2. The molecule has 0 spiro atoms. The highest BCUT2D eigenvalue weighted by Gasteiger charge is 2.32. The Bertz CT molecular complexity index is 254. The molecular weight excluding hydrogens is 252 g/mol.